The lowest BCUT2D eigenvalue weighted by Gasteiger charge is -2.33. The fraction of sp³-hybridized carbons (Fsp3) is 0.500. The number of hydrogen-bond acceptors (Lipinski definition) is 4. The molecule has 6 heteroatoms. The predicted octanol–water partition coefficient (Wildman–Crippen LogP) is 1.56. The smallest absolute Gasteiger partial charge is 0.237 e. The lowest BCUT2D eigenvalue weighted by molar-refractivity contribution is -0.125. The summed E-state index contributed by atoms with van der Waals surface area (Å²) in [6, 6.07) is 10.0. The number of benzene rings is 1. The lowest BCUT2D eigenvalue weighted by atomic mass is 9.77. The molecule has 1 atom stereocenters. The Balaban J connectivity index is 1.37. The maximum atomic E-state index is 12.8. The van der Waals surface area contributed by atoms with Gasteiger partial charge < -0.3 is 10.6 Å². The van der Waals surface area contributed by atoms with Crippen LogP contribution in [0.1, 0.15) is 24.8 Å². The van der Waals surface area contributed by atoms with E-state index in [1.54, 1.807) is 6.20 Å². The van der Waals surface area contributed by atoms with Crippen LogP contribution in [0.3, 0.4) is 0 Å². The average Bonchev–Trinajstić information content (AvgIpc) is 3.29. The molecule has 0 aliphatic carbocycles. The Morgan fingerprint density at radius 3 is 2.96 bits per heavy atom. The van der Waals surface area contributed by atoms with E-state index in [0.717, 1.165) is 37.3 Å². The van der Waals surface area contributed by atoms with E-state index in [4.69, 9.17) is 0 Å². The van der Waals surface area contributed by atoms with Gasteiger partial charge in [-0.1, -0.05) is 12.1 Å². The molecule has 0 bridgehead atoms. The number of nitrogens with one attached hydrogen (secondary N) is 2. The summed E-state index contributed by atoms with van der Waals surface area (Å²) in [5, 5.41) is 10.8. The highest BCUT2D eigenvalue weighted by Crippen LogP contribution is 2.41. The number of likely N-dealkylation sites (tertiary alicyclic amines) is 1. The fourth-order valence-corrected chi connectivity index (χ4v) is 4.42. The first-order chi connectivity index (χ1) is 12.7. The van der Waals surface area contributed by atoms with Crippen molar-refractivity contribution in [3.05, 3.63) is 48.3 Å². The van der Waals surface area contributed by atoms with E-state index < -0.39 is 0 Å². The summed E-state index contributed by atoms with van der Waals surface area (Å²) in [5.41, 5.74) is 2.42. The Kier molecular flexibility index (Phi) is 4.78. The number of aromatic nitrogens is 2. The first-order valence-electron chi connectivity index (χ1n) is 9.43. The van der Waals surface area contributed by atoms with Gasteiger partial charge in [0.25, 0.3) is 0 Å². The summed E-state index contributed by atoms with van der Waals surface area (Å²) in [6.45, 7) is 3.72. The van der Waals surface area contributed by atoms with Crippen molar-refractivity contribution in [1.29, 1.82) is 0 Å². The minimum Gasteiger partial charge on any atom is -0.351 e. The van der Waals surface area contributed by atoms with Crippen LogP contribution in [0.4, 0.5) is 0 Å². The average molecular weight is 353 g/mol. The minimum atomic E-state index is -0.0117. The first kappa shape index (κ1) is 17.2. The second-order valence-corrected chi connectivity index (χ2v) is 7.72. The highest BCUT2D eigenvalue weighted by molar-refractivity contribution is 5.82. The van der Waals surface area contributed by atoms with Gasteiger partial charge in [0, 0.05) is 25.5 Å². The number of rotatable bonds is 4. The highest BCUT2D eigenvalue weighted by atomic mass is 16.2. The molecule has 4 rings (SSSR count). The van der Waals surface area contributed by atoms with Crippen molar-refractivity contribution in [3.63, 3.8) is 0 Å². The number of carbonyl (C=O) groups is 1. The molecular weight excluding hydrogens is 326 g/mol. The van der Waals surface area contributed by atoms with Crippen LogP contribution in [0.5, 0.6) is 0 Å². The molecule has 0 unspecified atom stereocenters. The van der Waals surface area contributed by atoms with E-state index in [1.807, 2.05) is 35.1 Å². The Morgan fingerprint density at radius 1 is 1.35 bits per heavy atom. The second kappa shape index (κ2) is 7.21. The SMILES string of the molecule is CN1CC2(CCNCC2)C[C@@H]1C(=O)NCc1cccc(-n2cccn2)c1. The molecule has 2 N–H and O–H groups in total. The van der Waals surface area contributed by atoms with Crippen LogP contribution in [0.25, 0.3) is 5.69 Å². The van der Waals surface area contributed by atoms with E-state index in [-0.39, 0.29) is 11.9 Å². The van der Waals surface area contributed by atoms with Crippen LogP contribution in [0.15, 0.2) is 42.7 Å². The molecule has 1 aromatic heterocycles. The molecule has 2 aliphatic rings. The molecule has 1 amide bonds. The molecule has 1 spiro atoms. The van der Waals surface area contributed by atoms with Gasteiger partial charge in [0.15, 0.2) is 0 Å². The third kappa shape index (κ3) is 3.52. The quantitative estimate of drug-likeness (QED) is 0.876. The molecule has 2 aliphatic heterocycles. The number of amides is 1. The third-order valence-corrected chi connectivity index (χ3v) is 5.86. The zero-order valence-electron chi connectivity index (χ0n) is 15.3. The Morgan fingerprint density at radius 2 is 2.19 bits per heavy atom. The topological polar surface area (TPSA) is 62.2 Å². The summed E-state index contributed by atoms with van der Waals surface area (Å²) < 4.78 is 1.83. The summed E-state index contributed by atoms with van der Waals surface area (Å²) >= 11 is 0. The molecule has 0 saturated carbocycles. The maximum Gasteiger partial charge on any atom is 0.237 e. The Hall–Kier alpha value is -2.18. The van der Waals surface area contributed by atoms with E-state index in [0.29, 0.717) is 12.0 Å². The van der Waals surface area contributed by atoms with Gasteiger partial charge in [-0.05, 0) is 68.6 Å². The molecule has 2 aromatic rings. The zero-order valence-corrected chi connectivity index (χ0v) is 15.3. The van der Waals surface area contributed by atoms with Crippen LogP contribution >= 0.6 is 0 Å². The number of hydrogen-bond donors (Lipinski definition) is 2. The van der Waals surface area contributed by atoms with E-state index >= 15 is 0 Å². The van der Waals surface area contributed by atoms with Gasteiger partial charge in [-0.3, -0.25) is 9.69 Å². The van der Waals surface area contributed by atoms with E-state index in [2.05, 4.69) is 33.7 Å². The summed E-state index contributed by atoms with van der Waals surface area (Å²) in [5.74, 6) is 0.146. The Labute approximate surface area is 154 Å². The molecule has 0 radical (unpaired) electrons. The Bertz CT molecular complexity index is 751. The number of nitrogens with zero attached hydrogens (tertiary/aromatic N) is 3. The predicted molar refractivity (Wildman–Crippen MR) is 101 cm³/mol. The maximum absolute atomic E-state index is 12.8. The molecule has 2 saturated heterocycles. The normalized spacial score (nSPS) is 22.6. The van der Waals surface area contributed by atoms with Gasteiger partial charge in [0.05, 0.1) is 11.7 Å². The second-order valence-electron chi connectivity index (χ2n) is 7.72. The van der Waals surface area contributed by atoms with Gasteiger partial charge in [-0.2, -0.15) is 5.10 Å². The van der Waals surface area contributed by atoms with Crippen molar-refractivity contribution in [2.75, 3.05) is 26.7 Å². The first-order valence-corrected chi connectivity index (χ1v) is 9.43. The molecule has 6 nitrogen and oxygen atoms in total. The fourth-order valence-electron chi connectivity index (χ4n) is 4.42. The van der Waals surface area contributed by atoms with Crippen molar-refractivity contribution in [2.45, 2.75) is 31.8 Å². The minimum absolute atomic E-state index is 0.0117. The highest BCUT2D eigenvalue weighted by Gasteiger charge is 2.45. The number of piperidine rings is 1. The van der Waals surface area contributed by atoms with Crippen molar-refractivity contribution < 1.29 is 4.79 Å². The number of likely N-dealkylation sites (N-methyl/N-ethyl adjacent to an activating group) is 1. The monoisotopic (exact) mass is 353 g/mol. The molecule has 3 heterocycles. The molecule has 1 aromatic carbocycles. The molecular formula is C20H27N5O. The molecule has 26 heavy (non-hydrogen) atoms. The van der Waals surface area contributed by atoms with Gasteiger partial charge in [-0.15, -0.1) is 0 Å². The summed E-state index contributed by atoms with van der Waals surface area (Å²) in [4.78, 5) is 15.0. The van der Waals surface area contributed by atoms with Crippen LogP contribution < -0.4 is 10.6 Å². The van der Waals surface area contributed by atoms with Crippen molar-refractivity contribution in [3.8, 4) is 5.69 Å². The molecule has 138 valence electrons. The zero-order chi connectivity index (χ0) is 18.0. The van der Waals surface area contributed by atoms with Crippen LogP contribution in [0, 0.1) is 5.41 Å². The number of carbonyl (C=O) groups excluding carboxylic acids is 1. The van der Waals surface area contributed by atoms with Gasteiger partial charge >= 0.3 is 0 Å². The van der Waals surface area contributed by atoms with Gasteiger partial charge in [0.2, 0.25) is 5.91 Å². The van der Waals surface area contributed by atoms with Crippen molar-refractivity contribution >= 4 is 5.91 Å². The van der Waals surface area contributed by atoms with Gasteiger partial charge in [-0.25, -0.2) is 4.68 Å². The standard InChI is InChI=1S/C20H27N5O/c1-24-15-20(6-9-21-10-7-20)13-18(24)19(26)22-14-16-4-2-5-17(12-16)25-11-3-8-23-25/h2-5,8,11-12,18,21H,6-7,9-10,13-15H2,1H3,(H,22,26)/t18-/m1/s1. The van der Waals surface area contributed by atoms with Crippen molar-refractivity contribution in [2.24, 2.45) is 5.41 Å². The van der Waals surface area contributed by atoms with Crippen LogP contribution in [-0.4, -0.2) is 53.3 Å². The molecule has 2 fully saturated rings. The van der Waals surface area contributed by atoms with Crippen LogP contribution in [-0.2, 0) is 11.3 Å². The summed E-state index contributed by atoms with van der Waals surface area (Å²) in [6.07, 6.45) is 7.01. The van der Waals surface area contributed by atoms with Gasteiger partial charge in [0.1, 0.15) is 0 Å². The summed E-state index contributed by atoms with van der Waals surface area (Å²) in [7, 11) is 2.08. The van der Waals surface area contributed by atoms with Crippen molar-refractivity contribution in [1.82, 2.24) is 25.3 Å². The lowest BCUT2D eigenvalue weighted by Crippen LogP contribution is -2.41. The largest absolute Gasteiger partial charge is 0.351 e. The van der Waals surface area contributed by atoms with E-state index in [1.165, 1.54) is 12.8 Å². The van der Waals surface area contributed by atoms with E-state index in [9.17, 15) is 4.79 Å². The third-order valence-electron chi connectivity index (χ3n) is 5.86. The van der Waals surface area contributed by atoms with Crippen LogP contribution in [0.2, 0.25) is 0 Å².